The van der Waals surface area contributed by atoms with Crippen LogP contribution in [-0.2, 0) is 14.3 Å². The van der Waals surface area contributed by atoms with Crippen LogP contribution in [0.15, 0.2) is 24.3 Å². The molecule has 0 heterocycles. The third kappa shape index (κ3) is 9.54. The smallest absolute Gasteiger partial charge is 0.408 e. The van der Waals surface area contributed by atoms with Gasteiger partial charge in [-0.3, -0.25) is 9.59 Å². The molecule has 2 N–H and O–H groups in total. The molecule has 0 saturated heterocycles. The van der Waals surface area contributed by atoms with E-state index in [9.17, 15) is 14.4 Å². The number of carbonyl (C=O) groups is 3. The molecular formula is C28H45N3O4. The second-order valence-corrected chi connectivity index (χ2v) is 10.8. The fourth-order valence-corrected chi connectivity index (χ4v) is 4.53. The van der Waals surface area contributed by atoms with Crippen LogP contribution >= 0.6 is 0 Å². The first-order valence-corrected chi connectivity index (χ1v) is 13.2. The second-order valence-electron chi connectivity index (χ2n) is 10.8. The Morgan fingerprint density at radius 1 is 1.11 bits per heavy atom. The van der Waals surface area contributed by atoms with Crippen molar-refractivity contribution in [1.82, 2.24) is 15.5 Å². The lowest BCUT2D eigenvalue weighted by molar-refractivity contribution is -0.142. The number of alkyl carbamates (subject to hydrolysis) is 1. The van der Waals surface area contributed by atoms with E-state index in [1.165, 1.54) is 6.42 Å². The van der Waals surface area contributed by atoms with Gasteiger partial charge in [-0.25, -0.2) is 4.79 Å². The van der Waals surface area contributed by atoms with Gasteiger partial charge in [0.2, 0.25) is 11.8 Å². The molecule has 2 unspecified atom stereocenters. The van der Waals surface area contributed by atoms with Crippen LogP contribution in [0.4, 0.5) is 4.79 Å². The van der Waals surface area contributed by atoms with Crippen LogP contribution in [0, 0.1) is 6.92 Å². The minimum atomic E-state index is -0.832. The van der Waals surface area contributed by atoms with E-state index >= 15 is 0 Å². The number of nitrogens with zero attached hydrogens (tertiary/aromatic N) is 1. The van der Waals surface area contributed by atoms with E-state index in [0.29, 0.717) is 6.54 Å². The van der Waals surface area contributed by atoms with Crippen molar-refractivity contribution in [3.05, 3.63) is 35.4 Å². The summed E-state index contributed by atoms with van der Waals surface area (Å²) in [5.74, 6) is -0.450. The Morgan fingerprint density at radius 2 is 1.80 bits per heavy atom. The number of rotatable bonds is 10. The Hall–Kier alpha value is -2.57. The van der Waals surface area contributed by atoms with Gasteiger partial charge in [0.25, 0.3) is 0 Å². The number of unbranched alkanes of at least 4 members (excludes halogenated alkanes) is 2. The number of benzene rings is 1. The summed E-state index contributed by atoms with van der Waals surface area (Å²) >= 11 is 0. The van der Waals surface area contributed by atoms with E-state index in [4.69, 9.17) is 4.74 Å². The first kappa shape index (κ1) is 28.7. The molecular weight excluding hydrogens is 442 g/mol. The number of carbonyl (C=O) groups excluding carboxylic acids is 3. The maximum absolute atomic E-state index is 13.7. The van der Waals surface area contributed by atoms with Crippen LogP contribution in [0.3, 0.4) is 0 Å². The van der Waals surface area contributed by atoms with Crippen molar-refractivity contribution in [3.8, 4) is 0 Å². The van der Waals surface area contributed by atoms with Gasteiger partial charge >= 0.3 is 6.09 Å². The Balaban J connectivity index is 2.34. The standard InChI is InChI=1S/C28H45N3O4/c1-7-8-12-18-31(26(33)21(3)29-27(34)35-28(4,5)6)24(22-15-13-14-20(2)19-22)25(32)30-23-16-10-9-11-17-23/h13-15,19,21,23-24H,7-12,16-18H2,1-6H3,(H,29,34)(H,30,32). The van der Waals surface area contributed by atoms with Gasteiger partial charge in [0.15, 0.2) is 0 Å². The lowest BCUT2D eigenvalue weighted by atomic mass is 9.94. The van der Waals surface area contributed by atoms with Crippen molar-refractivity contribution in [3.63, 3.8) is 0 Å². The maximum atomic E-state index is 13.7. The molecule has 2 atom stereocenters. The van der Waals surface area contributed by atoms with E-state index in [1.54, 1.807) is 32.6 Å². The van der Waals surface area contributed by atoms with Crippen molar-refractivity contribution in [2.45, 2.75) is 117 Å². The Bertz CT molecular complexity index is 843. The zero-order valence-corrected chi connectivity index (χ0v) is 22.5. The third-order valence-electron chi connectivity index (χ3n) is 6.26. The Kier molecular flexibility index (Phi) is 11.1. The SMILES string of the molecule is CCCCCN(C(=O)C(C)NC(=O)OC(C)(C)C)C(C(=O)NC1CCCCC1)c1cccc(C)c1. The van der Waals surface area contributed by atoms with Crippen LogP contribution in [0.2, 0.25) is 0 Å². The van der Waals surface area contributed by atoms with E-state index in [1.807, 2.05) is 31.2 Å². The van der Waals surface area contributed by atoms with Gasteiger partial charge in [-0.05, 0) is 59.4 Å². The quantitative estimate of drug-likeness (QED) is 0.432. The Morgan fingerprint density at radius 3 is 2.40 bits per heavy atom. The topological polar surface area (TPSA) is 87.7 Å². The molecule has 1 fully saturated rings. The molecule has 1 aliphatic carbocycles. The molecule has 0 aromatic heterocycles. The normalized spacial score (nSPS) is 16.2. The molecule has 3 amide bonds. The van der Waals surface area contributed by atoms with Crippen LogP contribution in [0.5, 0.6) is 0 Å². The number of amides is 3. The van der Waals surface area contributed by atoms with Gasteiger partial charge in [-0.2, -0.15) is 0 Å². The summed E-state index contributed by atoms with van der Waals surface area (Å²) in [4.78, 5) is 41.4. The van der Waals surface area contributed by atoms with Gasteiger partial charge in [0.05, 0.1) is 0 Å². The van der Waals surface area contributed by atoms with Crippen molar-refractivity contribution >= 4 is 17.9 Å². The molecule has 1 aliphatic rings. The molecule has 1 saturated carbocycles. The van der Waals surface area contributed by atoms with Crippen molar-refractivity contribution in [1.29, 1.82) is 0 Å². The number of aryl methyl sites for hydroxylation is 1. The highest BCUT2D eigenvalue weighted by Crippen LogP contribution is 2.26. The zero-order chi connectivity index (χ0) is 26.0. The van der Waals surface area contributed by atoms with E-state index < -0.39 is 23.8 Å². The van der Waals surface area contributed by atoms with Crippen molar-refractivity contribution < 1.29 is 19.1 Å². The van der Waals surface area contributed by atoms with Gasteiger partial charge in [0, 0.05) is 12.6 Å². The lowest BCUT2D eigenvalue weighted by Crippen LogP contribution is -2.53. The molecule has 0 bridgehead atoms. The summed E-state index contributed by atoms with van der Waals surface area (Å²) in [6, 6.07) is 6.32. The highest BCUT2D eigenvalue weighted by atomic mass is 16.6. The van der Waals surface area contributed by atoms with E-state index in [2.05, 4.69) is 17.6 Å². The average molecular weight is 488 g/mol. The summed E-state index contributed by atoms with van der Waals surface area (Å²) in [7, 11) is 0. The van der Waals surface area contributed by atoms with Gasteiger partial charge in [-0.1, -0.05) is 68.9 Å². The summed E-state index contributed by atoms with van der Waals surface area (Å²) in [6.45, 7) is 11.5. The van der Waals surface area contributed by atoms with E-state index in [-0.39, 0.29) is 17.9 Å². The summed E-state index contributed by atoms with van der Waals surface area (Å²) in [5, 5.41) is 5.89. The summed E-state index contributed by atoms with van der Waals surface area (Å²) in [5.41, 5.74) is 1.14. The average Bonchev–Trinajstić information content (AvgIpc) is 2.77. The van der Waals surface area contributed by atoms with Crippen LogP contribution in [0.25, 0.3) is 0 Å². The van der Waals surface area contributed by atoms with Gasteiger partial charge in [0.1, 0.15) is 17.7 Å². The number of nitrogens with one attached hydrogen (secondary N) is 2. The molecule has 7 heteroatoms. The molecule has 0 spiro atoms. The molecule has 7 nitrogen and oxygen atoms in total. The van der Waals surface area contributed by atoms with E-state index in [0.717, 1.165) is 56.1 Å². The van der Waals surface area contributed by atoms with Crippen LogP contribution in [0.1, 0.15) is 103 Å². The summed E-state index contributed by atoms with van der Waals surface area (Å²) in [6.07, 6.45) is 7.42. The van der Waals surface area contributed by atoms with Crippen molar-refractivity contribution in [2.24, 2.45) is 0 Å². The second kappa shape index (κ2) is 13.5. The summed E-state index contributed by atoms with van der Waals surface area (Å²) < 4.78 is 5.35. The highest BCUT2D eigenvalue weighted by Gasteiger charge is 2.35. The lowest BCUT2D eigenvalue weighted by Gasteiger charge is -2.35. The fourth-order valence-electron chi connectivity index (χ4n) is 4.53. The first-order valence-electron chi connectivity index (χ1n) is 13.2. The van der Waals surface area contributed by atoms with Crippen molar-refractivity contribution in [2.75, 3.05) is 6.54 Å². The highest BCUT2D eigenvalue weighted by molar-refractivity contribution is 5.92. The molecule has 196 valence electrons. The fraction of sp³-hybridized carbons (Fsp3) is 0.679. The third-order valence-corrected chi connectivity index (χ3v) is 6.26. The molecule has 1 aromatic rings. The minimum Gasteiger partial charge on any atom is -0.444 e. The van der Waals surface area contributed by atoms with Gasteiger partial charge < -0.3 is 20.3 Å². The molecule has 0 radical (unpaired) electrons. The Labute approximate surface area is 211 Å². The predicted molar refractivity (Wildman–Crippen MR) is 139 cm³/mol. The largest absolute Gasteiger partial charge is 0.444 e. The number of ether oxygens (including phenoxy) is 1. The maximum Gasteiger partial charge on any atom is 0.408 e. The number of hydrogen-bond donors (Lipinski definition) is 2. The minimum absolute atomic E-state index is 0.133. The monoisotopic (exact) mass is 487 g/mol. The number of hydrogen-bond acceptors (Lipinski definition) is 4. The molecule has 0 aliphatic heterocycles. The first-order chi connectivity index (χ1) is 16.5. The van der Waals surface area contributed by atoms with Gasteiger partial charge in [-0.15, -0.1) is 0 Å². The van der Waals surface area contributed by atoms with Crippen LogP contribution < -0.4 is 10.6 Å². The molecule has 35 heavy (non-hydrogen) atoms. The predicted octanol–water partition coefficient (Wildman–Crippen LogP) is 5.42. The molecule has 1 aromatic carbocycles. The zero-order valence-electron chi connectivity index (χ0n) is 22.5. The van der Waals surface area contributed by atoms with Crippen LogP contribution in [-0.4, -0.2) is 47.0 Å². The molecule has 2 rings (SSSR count).